The maximum Gasteiger partial charge on any atom is 0.387 e. The number of rotatable bonds is 8. The van der Waals surface area contributed by atoms with Crippen molar-refractivity contribution in [3.63, 3.8) is 0 Å². The molecule has 0 amide bonds. The Kier molecular flexibility index (Phi) is 6.03. The monoisotopic (exact) mass is 297 g/mol. The Labute approximate surface area is 113 Å². The Morgan fingerprint density at radius 2 is 2.00 bits per heavy atom. The largest absolute Gasteiger partial charge is 0.493 e. The number of hydrogen-bond acceptors (Lipinski definition) is 4. The first-order chi connectivity index (χ1) is 9.38. The van der Waals surface area contributed by atoms with Crippen molar-refractivity contribution in [3.8, 4) is 11.5 Å². The van der Waals surface area contributed by atoms with E-state index in [1.54, 1.807) is 0 Å². The third-order valence-electron chi connectivity index (χ3n) is 2.39. The van der Waals surface area contributed by atoms with Crippen molar-refractivity contribution < 1.29 is 32.1 Å². The van der Waals surface area contributed by atoms with Crippen LogP contribution in [0.4, 0.5) is 17.6 Å². The van der Waals surface area contributed by atoms with Crippen molar-refractivity contribution in [2.75, 3.05) is 20.3 Å². The van der Waals surface area contributed by atoms with E-state index >= 15 is 0 Å². The molecule has 0 fully saturated rings. The number of nitrogens with one attached hydrogen (secondary N) is 1. The van der Waals surface area contributed by atoms with Gasteiger partial charge in [0, 0.05) is 6.54 Å². The Balaban J connectivity index is 2.67. The summed E-state index contributed by atoms with van der Waals surface area (Å²) in [7, 11) is 1.30. The molecule has 2 N–H and O–H groups in total. The topological polar surface area (TPSA) is 50.7 Å². The summed E-state index contributed by atoms with van der Waals surface area (Å²) in [5.74, 6) is -3.28. The molecule has 0 unspecified atom stereocenters. The minimum Gasteiger partial charge on any atom is -0.493 e. The zero-order valence-corrected chi connectivity index (χ0v) is 10.7. The fourth-order valence-corrected chi connectivity index (χ4v) is 1.46. The van der Waals surface area contributed by atoms with Gasteiger partial charge in [0.2, 0.25) is 0 Å². The second-order valence-electron chi connectivity index (χ2n) is 3.98. The van der Waals surface area contributed by atoms with Gasteiger partial charge in [-0.3, -0.25) is 0 Å². The number of hydrogen-bond donors (Lipinski definition) is 2. The molecule has 0 bridgehead atoms. The number of ether oxygens (including phenoxy) is 2. The van der Waals surface area contributed by atoms with Crippen molar-refractivity contribution in [1.82, 2.24) is 5.32 Å². The molecule has 1 rings (SSSR count). The molecule has 114 valence electrons. The Bertz CT molecular complexity index is 429. The summed E-state index contributed by atoms with van der Waals surface area (Å²) >= 11 is 0. The highest BCUT2D eigenvalue weighted by atomic mass is 19.3. The summed E-state index contributed by atoms with van der Waals surface area (Å²) in [6, 6.07) is 4.20. The molecule has 0 aromatic heterocycles. The summed E-state index contributed by atoms with van der Waals surface area (Å²) in [5.41, 5.74) is 0.468. The molecule has 0 saturated heterocycles. The number of benzene rings is 1. The number of methoxy groups -OCH3 is 1. The average Bonchev–Trinajstić information content (AvgIpc) is 2.38. The number of alkyl halides is 4. The summed E-state index contributed by atoms with van der Waals surface area (Å²) in [5, 5.41) is 10.8. The number of aliphatic hydroxyl groups excluding tert-OH is 1. The van der Waals surface area contributed by atoms with Gasteiger partial charge in [-0.05, 0) is 17.7 Å². The van der Waals surface area contributed by atoms with Crippen LogP contribution in [0.2, 0.25) is 0 Å². The van der Waals surface area contributed by atoms with Crippen LogP contribution >= 0.6 is 0 Å². The van der Waals surface area contributed by atoms with Gasteiger partial charge in [-0.25, -0.2) is 8.78 Å². The van der Waals surface area contributed by atoms with Gasteiger partial charge in [0.15, 0.2) is 11.5 Å². The molecule has 0 aliphatic carbocycles. The van der Waals surface area contributed by atoms with Crippen molar-refractivity contribution in [2.45, 2.75) is 19.1 Å². The van der Waals surface area contributed by atoms with Crippen molar-refractivity contribution in [3.05, 3.63) is 23.8 Å². The first kappa shape index (κ1) is 16.5. The van der Waals surface area contributed by atoms with E-state index in [4.69, 9.17) is 9.84 Å². The van der Waals surface area contributed by atoms with Crippen molar-refractivity contribution in [2.24, 2.45) is 0 Å². The van der Waals surface area contributed by atoms with Crippen molar-refractivity contribution >= 4 is 0 Å². The predicted molar refractivity (Wildman–Crippen MR) is 63.4 cm³/mol. The Morgan fingerprint density at radius 1 is 1.30 bits per heavy atom. The van der Waals surface area contributed by atoms with E-state index in [-0.39, 0.29) is 18.0 Å². The van der Waals surface area contributed by atoms with Crippen LogP contribution in [-0.2, 0) is 6.54 Å². The first-order valence-electron chi connectivity index (χ1n) is 5.69. The fourth-order valence-electron chi connectivity index (χ4n) is 1.46. The van der Waals surface area contributed by atoms with Crippen LogP contribution < -0.4 is 14.8 Å². The minimum atomic E-state index is -3.23. The number of halogens is 4. The molecule has 0 aliphatic heterocycles. The molecule has 8 heteroatoms. The lowest BCUT2D eigenvalue weighted by Crippen LogP contribution is -2.35. The molecule has 0 saturated carbocycles. The van der Waals surface area contributed by atoms with Crippen LogP contribution in [0.5, 0.6) is 11.5 Å². The molecule has 0 radical (unpaired) electrons. The zero-order valence-electron chi connectivity index (χ0n) is 10.7. The molecule has 0 spiro atoms. The molecule has 20 heavy (non-hydrogen) atoms. The summed E-state index contributed by atoms with van der Waals surface area (Å²) in [4.78, 5) is 0. The third-order valence-corrected chi connectivity index (χ3v) is 2.39. The van der Waals surface area contributed by atoms with Gasteiger partial charge in [-0.15, -0.1) is 0 Å². The standard InChI is InChI=1S/C12H15F4NO3/c1-19-9-3-2-8(4-10(9)20-11(13)14)5-17-6-12(15,16)7-18/h2-4,11,17-18H,5-7H2,1H3. The lowest BCUT2D eigenvalue weighted by Gasteiger charge is -2.15. The highest BCUT2D eigenvalue weighted by Gasteiger charge is 2.26. The Morgan fingerprint density at radius 3 is 2.55 bits per heavy atom. The fraction of sp³-hybridized carbons (Fsp3) is 0.500. The summed E-state index contributed by atoms with van der Waals surface area (Å²) in [6.45, 7) is -4.98. The average molecular weight is 297 g/mol. The molecular formula is C12H15F4NO3. The molecule has 0 aliphatic rings. The second kappa shape index (κ2) is 7.30. The smallest absolute Gasteiger partial charge is 0.387 e. The SMILES string of the molecule is COc1ccc(CNCC(F)(F)CO)cc1OC(F)F. The van der Waals surface area contributed by atoms with E-state index in [1.807, 2.05) is 0 Å². The summed E-state index contributed by atoms with van der Waals surface area (Å²) < 4.78 is 59.1. The molecule has 0 atom stereocenters. The van der Waals surface area contributed by atoms with E-state index < -0.39 is 25.7 Å². The molecule has 1 aromatic rings. The molecule has 0 heterocycles. The van der Waals surface area contributed by atoms with E-state index in [9.17, 15) is 17.6 Å². The van der Waals surface area contributed by atoms with E-state index in [1.165, 1.54) is 25.3 Å². The van der Waals surface area contributed by atoms with Gasteiger partial charge >= 0.3 is 6.61 Å². The molecule has 4 nitrogen and oxygen atoms in total. The molecular weight excluding hydrogens is 282 g/mol. The zero-order chi connectivity index (χ0) is 15.2. The quantitative estimate of drug-likeness (QED) is 0.721. The lowest BCUT2D eigenvalue weighted by molar-refractivity contribution is -0.0512. The van der Waals surface area contributed by atoms with Crippen LogP contribution in [0.25, 0.3) is 0 Å². The van der Waals surface area contributed by atoms with Gasteiger partial charge in [-0.1, -0.05) is 6.07 Å². The highest BCUT2D eigenvalue weighted by molar-refractivity contribution is 5.42. The maximum atomic E-state index is 12.8. The second-order valence-corrected chi connectivity index (χ2v) is 3.98. The third kappa shape index (κ3) is 5.22. The van der Waals surface area contributed by atoms with E-state index in [2.05, 4.69) is 10.1 Å². The minimum absolute atomic E-state index is 0.0131. The van der Waals surface area contributed by atoms with Gasteiger partial charge in [0.05, 0.1) is 13.7 Å². The van der Waals surface area contributed by atoms with Crippen LogP contribution in [-0.4, -0.2) is 37.9 Å². The van der Waals surface area contributed by atoms with Gasteiger partial charge in [0.25, 0.3) is 5.92 Å². The Hall–Kier alpha value is -1.54. The lowest BCUT2D eigenvalue weighted by atomic mass is 10.2. The van der Waals surface area contributed by atoms with Gasteiger partial charge in [0.1, 0.15) is 6.61 Å². The predicted octanol–water partition coefficient (Wildman–Crippen LogP) is 2.01. The van der Waals surface area contributed by atoms with Crippen LogP contribution in [0, 0.1) is 0 Å². The van der Waals surface area contributed by atoms with Crippen molar-refractivity contribution in [1.29, 1.82) is 0 Å². The first-order valence-corrected chi connectivity index (χ1v) is 5.69. The highest BCUT2D eigenvalue weighted by Crippen LogP contribution is 2.29. The number of aliphatic hydroxyl groups is 1. The van der Waals surface area contributed by atoms with E-state index in [0.717, 1.165) is 0 Å². The molecule has 1 aromatic carbocycles. The summed E-state index contributed by atoms with van der Waals surface area (Å²) in [6.07, 6.45) is 0. The normalized spacial score (nSPS) is 11.8. The van der Waals surface area contributed by atoms with Crippen LogP contribution in [0.1, 0.15) is 5.56 Å². The van der Waals surface area contributed by atoms with Gasteiger partial charge < -0.3 is 19.9 Å². The van der Waals surface area contributed by atoms with Crippen LogP contribution in [0.3, 0.4) is 0 Å². The van der Waals surface area contributed by atoms with Gasteiger partial charge in [-0.2, -0.15) is 8.78 Å². The van der Waals surface area contributed by atoms with E-state index in [0.29, 0.717) is 5.56 Å². The maximum absolute atomic E-state index is 12.8. The van der Waals surface area contributed by atoms with Crippen LogP contribution in [0.15, 0.2) is 18.2 Å².